The largest absolute Gasteiger partial charge is 0.490 e. The molecule has 0 saturated carbocycles. The second kappa shape index (κ2) is 13.0. The van der Waals surface area contributed by atoms with Gasteiger partial charge in [-0.1, -0.05) is 89.4 Å². The van der Waals surface area contributed by atoms with Crippen molar-refractivity contribution in [3.05, 3.63) is 123 Å². The molecule has 5 rings (SSSR count). The molecule has 41 heavy (non-hydrogen) atoms. The van der Waals surface area contributed by atoms with Crippen LogP contribution < -0.4 is 14.9 Å². The number of halogens is 3. The monoisotopic (exact) mass is 603 g/mol. The number of nitrogens with one attached hydrogen (secondary N) is 1. The fourth-order valence-electron chi connectivity index (χ4n) is 4.20. The van der Waals surface area contributed by atoms with Gasteiger partial charge in [0, 0.05) is 10.9 Å². The SMILES string of the molecule is CCOc1cc(/C=N/NC(=O)c2cc(-c3ccccc3)nc3ccccc23)cc(Cl)c1OCc1ccc(Cl)c(Cl)c1. The average Bonchev–Trinajstić information content (AvgIpc) is 2.98. The van der Waals surface area contributed by atoms with Gasteiger partial charge in [0.1, 0.15) is 6.61 Å². The molecule has 6 nitrogen and oxygen atoms in total. The van der Waals surface area contributed by atoms with Gasteiger partial charge >= 0.3 is 0 Å². The second-order valence-electron chi connectivity index (χ2n) is 8.94. The number of fused-ring (bicyclic) bond motifs is 1. The predicted molar refractivity (Wildman–Crippen MR) is 166 cm³/mol. The normalized spacial score (nSPS) is 11.1. The number of carbonyl (C=O) groups is 1. The summed E-state index contributed by atoms with van der Waals surface area (Å²) in [6.45, 7) is 2.47. The van der Waals surface area contributed by atoms with Crippen LogP contribution >= 0.6 is 34.8 Å². The Hall–Kier alpha value is -4.10. The van der Waals surface area contributed by atoms with Crippen LogP contribution in [-0.2, 0) is 6.61 Å². The van der Waals surface area contributed by atoms with E-state index in [-0.39, 0.29) is 12.5 Å². The number of para-hydroxylation sites is 1. The average molecular weight is 605 g/mol. The Morgan fingerprint density at radius 2 is 1.66 bits per heavy atom. The zero-order chi connectivity index (χ0) is 28.8. The summed E-state index contributed by atoms with van der Waals surface area (Å²) in [5.74, 6) is 0.465. The Balaban J connectivity index is 1.36. The number of hydrogen-bond donors (Lipinski definition) is 1. The van der Waals surface area contributed by atoms with E-state index in [4.69, 9.17) is 49.3 Å². The van der Waals surface area contributed by atoms with Gasteiger partial charge in [-0.05, 0) is 54.4 Å². The molecule has 0 atom stereocenters. The van der Waals surface area contributed by atoms with Crippen LogP contribution in [0.5, 0.6) is 11.5 Å². The van der Waals surface area contributed by atoms with E-state index in [2.05, 4.69) is 10.5 Å². The molecule has 0 bridgehead atoms. The fraction of sp³-hybridized carbons (Fsp3) is 0.0938. The molecule has 0 aliphatic carbocycles. The van der Waals surface area contributed by atoms with Crippen LogP contribution in [0.3, 0.4) is 0 Å². The van der Waals surface area contributed by atoms with E-state index in [0.29, 0.717) is 55.5 Å². The maximum Gasteiger partial charge on any atom is 0.272 e. The highest BCUT2D eigenvalue weighted by atomic mass is 35.5. The van der Waals surface area contributed by atoms with Crippen molar-refractivity contribution < 1.29 is 14.3 Å². The Labute approximate surface area is 252 Å². The lowest BCUT2D eigenvalue weighted by Crippen LogP contribution is -2.18. The first-order valence-corrected chi connectivity index (χ1v) is 13.9. The summed E-state index contributed by atoms with van der Waals surface area (Å²) < 4.78 is 11.7. The van der Waals surface area contributed by atoms with Crippen LogP contribution in [0.4, 0.5) is 0 Å². The Bertz CT molecular complexity index is 1740. The first-order valence-electron chi connectivity index (χ1n) is 12.7. The van der Waals surface area contributed by atoms with Crippen molar-refractivity contribution in [2.75, 3.05) is 6.61 Å². The molecule has 5 aromatic rings. The first kappa shape index (κ1) is 28.4. The molecule has 0 radical (unpaired) electrons. The van der Waals surface area contributed by atoms with Gasteiger partial charge in [0.05, 0.1) is 44.7 Å². The number of amides is 1. The van der Waals surface area contributed by atoms with Crippen molar-refractivity contribution in [2.45, 2.75) is 13.5 Å². The van der Waals surface area contributed by atoms with Gasteiger partial charge in [0.25, 0.3) is 5.91 Å². The molecule has 4 aromatic carbocycles. The number of hydrogen-bond acceptors (Lipinski definition) is 5. The van der Waals surface area contributed by atoms with Crippen molar-refractivity contribution in [1.82, 2.24) is 10.4 Å². The topological polar surface area (TPSA) is 72.8 Å². The third-order valence-electron chi connectivity index (χ3n) is 6.11. The molecule has 0 unspecified atom stereocenters. The minimum absolute atomic E-state index is 0.213. The molecule has 206 valence electrons. The Morgan fingerprint density at radius 1 is 0.878 bits per heavy atom. The molecule has 0 fully saturated rings. The van der Waals surface area contributed by atoms with Gasteiger partial charge in [-0.3, -0.25) is 4.79 Å². The van der Waals surface area contributed by atoms with E-state index in [1.807, 2.05) is 67.6 Å². The van der Waals surface area contributed by atoms with Crippen LogP contribution in [0.15, 0.2) is 96.1 Å². The molecular weight excluding hydrogens is 581 g/mol. The number of carbonyl (C=O) groups excluding carboxylic acids is 1. The van der Waals surface area contributed by atoms with Crippen LogP contribution in [0.2, 0.25) is 15.1 Å². The maximum absolute atomic E-state index is 13.2. The smallest absolute Gasteiger partial charge is 0.272 e. The van der Waals surface area contributed by atoms with E-state index >= 15 is 0 Å². The summed E-state index contributed by atoms with van der Waals surface area (Å²) >= 11 is 18.7. The van der Waals surface area contributed by atoms with E-state index in [1.165, 1.54) is 6.21 Å². The highest BCUT2D eigenvalue weighted by Gasteiger charge is 2.15. The van der Waals surface area contributed by atoms with Crippen molar-refractivity contribution in [2.24, 2.45) is 5.10 Å². The molecule has 1 amide bonds. The van der Waals surface area contributed by atoms with Gasteiger partial charge in [0.2, 0.25) is 0 Å². The summed E-state index contributed by atoms with van der Waals surface area (Å²) in [7, 11) is 0. The van der Waals surface area contributed by atoms with Crippen molar-refractivity contribution in [1.29, 1.82) is 0 Å². The molecule has 0 aliphatic heterocycles. The van der Waals surface area contributed by atoms with Crippen LogP contribution in [0.1, 0.15) is 28.4 Å². The number of hydrazone groups is 1. The fourth-order valence-corrected chi connectivity index (χ4v) is 4.79. The summed E-state index contributed by atoms with van der Waals surface area (Å²) in [4.78, 5) is 18.0. The third kappa shape index (κ3) is 6.80. The van der Waals surface area contributed by atoms with Gasteiger partial charge < -0.3 is 9.47 Å². The summed E-state index contributed by atoms with van der Waals surface area (Å²) in [6, 6.07) is 27.7. The molecule has 1 aromatic heterocycles. The minimum Gasteiger partial charge on any atom is -0.490 e. The lowest BCUT2D eigenvalue weighted by Gasteiger charge is -2.15. The molecular formula is C32H24Cl3N3O3. The van der Waals surface area contributed by atoms with E-state index in [1.54, 1.807) is 30.3 Å². The number of benzene rings is 4. The molecule has 9 heteroatoms. The lowest BCUT2D eigenvalue weighted by atomic mass is 10.0. The highest BCUT2D eigenvalue weighted by Crippen LogP contribution is 2.37. The number of nitrogens with zero attached hydrogens (tertiary/aromatic N) is 2. The number of ether oxygens (including phenoxy) is 2. The Morgan fingerprint density at radius 3 is 2.44 bits per heavy atom. The molecule has 1 heterocycles. The maximum atomic E-state index is 13.2. The van der Waals surface area contributed by atoms with E-state index in [9.17, 15) is 4.79 Å². The summed E-state index contributed by atoms with van der Waals surface area (Å²) in [6.07, 6.45) is 1.50. The Kier molecular flexibility index (Phi) is 9.04. The van der Waals surface area contributed by atoms with Crippen molar-refractivity contribution >= 4 is 57.8 Å². The number of pyridine rings is 1. The van der Waals surface area contributed by atoms with E-state index in [0.717, 1.165) is 16.5 Å². The van der Waals surface area contributed by atoms with E-state index < -0.39 is 0 Å². The minimum atomic E-state index is -0.366. The zero-order valence-electron chi connectivity index (χ0n) is 21.9. The third-order valence-corrected chi connectivity index (χ3v) is 7.13. The van der Waals surface area contributed by atoms with Crippen molar-refractivity contribution in [3.8, 4) is 22.8 Å². The standard InChI is InChI=1S/C32H24Cl3N3O3/c1-2-40-30-16-21(15-27(35)31(30)41-19-20-12-13-25(33)26(34)14-20)18-36-38-32(39)24-17-29(22-8-4-3-5-9-22)37-28-11-7-6-10-23(24)28/h3-18H,2,19H2,1H3,(H,38,39)/b36-18+. The predicted octanol–water partition coefficient (Wildman–Crippen LogP) is 8.60. The summed E-state index contributed by atoms with van der Waals surface area (Å²) in [5, 5.41) is 6.14. The van der Waals surface area contributed by atoms with Gasteiger partial charge in [0.15, 0.2) is 11.5 Å². The van der Waals surface area contributed by atoms with Gasteiger partial charge in [-0.25, -0.2) is 10.4 Å². The van der Waals surface area contributed by atoms with Gasteiger partial charge in [-0.15, -0.1) is 0 Å². The van der Waals surface area contributed by atoms with Crippen LogP contribution in [-0.4, -0.2) is 23.7 Å². The first-order chi connectivity index (χ1) is 19.9. The zero-order valence-corrected chi connectivity index (χ0v) is 24.2. The van der Waals surface area contributed by atoms with Crippen LogP contribution in [0.25, 0.3) is 22.2 Å². The molecule has 0 aliphatic rings. The number of rotatable bonds is 9. The summed E-state index contributed by atoms with van der Waals surface area (Å²) in [5.41, 5.74) is 6.85. The highest BCUT2D eigenvalue weighted by molar-refractivity contribution is 6.42. The molecule has 0 spiro atoms. The van der Waals surface area contributed by atoms with Crippen molar-refractivity contribution in [3.63, 3.8) is 0 Å². The quantitative estimate of drug-likeness (QED) is 0.135. The van der Waals surface area contributed by atoms with Gasteiger partial charge in [-0.2, -0.15) is 5.10 Å². The lowest BCUT2D eigenvalue weighted by molar-refractivity contribution is 0.0956. The number of aromatic nitrogens is 1. The van der Waals surface area contributed by atoms with Crippen LogP contribution in [0, 0.1) is 0 Å². The second-order valence-corrected chi connectivity index (χ2v) is 10.2. The molecule has 1 N–H and O–H groups in total. The molecule has 0 saturated heterocycles.